The Labute approximate surface area is 160 Å². The van der Waals surface area contributed by atoms with Crippen LogP contribution in [-0.4, -0.2) is 25.1 Å². The average molecular weight is 369 g/mol. The predicted molar refractivity (Wildman–Crippen MR) is 105 cm³/mol. The Morgan fingerprint density at radius 3 is 2.30 bits per heavy atom. The van der Waals surface area contributed by atoms with E-state index >= 15 is 0 Å². The Morgan fingerprint density at radius 1 is 0.963 bits per heavy atom. The van der Waals surface area contributed by atoms with E-state index in [0.717, 1.165) is 28.7 Å². The number of rotatable bonds is 8. The molecule has 0 radical (unpaired) electrons. The van der Waals surface area contributed by atoms with Crippen LogP contribution in [0.1, 0.15) is 41.6 Å². The van der Waals surface area contributed by atoms with Crippen molar-refractivity contribution in [3.8, 4) is 5.75 Å². The third-order valence-corrected chi connectivity index (χ3v) is 4.42. The minimum absolute atomic E-state index is 0.108. The number of ether oxygens (including phenoxy) is 2. The summed E-state index contributed by atoms with van der Waals surface area (Å²) in [6.45, 7) is 7.44. The van der Waals surface area contributed by atoms with Crippen molar-refractivity contribution >= 4 is 11.9 Å². The monoisotopic (exact) mass is 369 g/mol. The van der Waals surface area contributed by atoms with E-state index < -0.39 is 5.97 Å². The van der Waals surface area contributed by atoms with Crippen LogP contribution in [0.15, 0.2) is 42.5 Å². The van der Waals surface area contributed by atoms with Crippen LogP contribution in [0, 0.1) is 20.8 Å². The Bertz CT molecular complexity index is 783. The van der Waals surface area contributed by atoms with Gasteiger partial charge < -0.3 is 14.8 Å². The smallest absolute Gasteiger partial charge is 0.344 e. The molecule has 5 heteroatoms. The van der Waals surface area contributed by atoms with Crippen LogP contribution in [0.2, 0.25) is 0 Å². The molecule has 1 atom stereocenters. The second-order valence-electron chi connectivity index (χ2n) is 6.63. The van der Waals surface area contributed by atoms with Gasteiger partial charge in [0.15, 0.2) is 13.2 Å². The van der Waals surface area contributed by atoms with Crippen molar-refractivity contribution in [2.75, 3.05) is 13.2 Å². The molecule has 0 aromatic heterocycles. The molecule has 2 rings (SSSR count). The van der Waals surface area contributed by atoms with Gasteiger partial charge >= 0.3 is 5.97 Å². The molecule has 0 bridgehead atoms. The topological polar surface area (TPSA) is 64.6 Å². The Hall–Kier alpha value is -2.82. The lowest BCUT2D eigenvalue weighted by atomic mass is 10.0. The van der Waals surface area contributed by atoms with E-state index in [1.807, 2.05) is 64.1 Å². The summed E-state index contributed by atoms with van der Waals surface area (Å²) in [4.78, 5) is 23.9. The molecule has 1 N–H and O–H groups in total. The number of esters is 1. The highest BCUT2D eigenvalue weighted by molar-refractivity contribution is 5.81. The normalized spacial score (nSPS) is 11.6. The van der Waals surface area contributed by atoms with Gasteiger partial charge in [-0.2, -0.15) is 0 Å². The number of aryl methyl sites for hydroxylation is 3. The highest BCUT2D eigenvalue weighted by Gasteiger charge is 2.14. The molecular weight excluding hydrogens is 342 g/mol. The molecule has 1 amide bonds. The molecule has 27 heavy (non-hydrogen) atoms. The summed E-state index contributed by atoms with van der Waals surface area (Å²) in [6, 6.07) is 13.5. The Morgan fingerprint density at radius 2 is 1.67 bits per heavy atom. The number of benzene rings is 2. The Balaban J connectivity index is 1.77. The van der Waals surface area contributed by atoms with Crippen molar-refractivity contribution in [3.05, 3.63) is 64.7 Å². The van der Waals surface area contributed by atoms with Gasteiger partial charge in [-0.3, -0.25) is 4.79 Å². The standard InChI is InChI=1S/C22H27NO4/c1-5-20(18-9-6-15(2)7-10-18)23-21(24)13-27-22(25)14-26-19-11-8-16(3)17(4)12-19/h6-12,20H,5,13-14H2,1-4H3,(H,23,24)/t20-/m1/s1. The van der Waals surface area contributed by atoms with Crippen LogP contribution in [0.25, 0.3) is 0 Å². The van der Waals surface area contributed by atoms with E-state index in [9.17, 15) is 9.59 Å². The molecule has 0 saturated carbocycles. The number of nitrogens with one attached hydrogen (secondary N) is 1. The fraction of sp³-hybridized carbons (Fsp3) is 0.364. The number of carbonyl (C=O) groups excluding carboxylic acids is 2. The van der Waals surface area contributed by atoms with Gasteiger partial charge in [-0.05, 0) is 56.0 Å². The lowest BCUT2D eigenvalue weighted by molar-refractivity contribution is -0.150. The minimum Gasteiger partial charge on any atom is -0.482 e. The summed E-state index contributed by atoms with van der Waals surface area (Å²) in [5, 5.41) is 2.89. The van der Waals surface area contributed by atoms with Gasteiger partial charge in [0, 0.05) is 0 Å². The molecule has 0 heterocycles. The quantitative estimate of drug-likeness (QED) is 0.719. The lowest BCUT2D eigenvalue weighted by Gasteiger charge is -2.17. The first kappa shape index (κ1) is 20.5. The summed E-state index contributed by atoms with van der Waals surface area (Å²) in [5.74, 6) is -0.307. The van der Waals surface area contributed by atoms with Crippen molar-refractivity contribution in [1.82, 2.24) is 5.32 Å². The average Bonchev–Trinajstić information content (AvgIpc) is 2.66. The Kier molecular flexibility index (Phi) is 7.41. The molecule has 0 fully saturated rings. The molecule has 0 aliphatic heterocycles. The molecule has 2 aromatic rings. The van der Waals surface area contributed by atoms with E-state index in [1.165, 1.54) is 0 Å². The fourth-order valence-electron chi connectivity index (χ4n) is 2.59. The van der Waals surface area contributed by atoms with Gasteiger partial charge in [0.2, 0.25) is 0 Å². The summed E-state index contributed by atoms with van der Waals surface area (Å²) >= 11 is 0. The maximum absolute atomic E-state index is 12.1. The first-order chi connectivity index (χ1) is 12.9. The maximum atomic E-state index is 12.1. The minimum atomic E-state index is -0.577. The van der Waals surface area contributed by atoms with Gasteiger partial charge in [-0.15, -0.1) is 0 Å². The third-order valence-electron chi connectivity index (χ3n) is 4.42. The van der Waals surface area contributed by atoms with Crippen LogP contribution in [-0.2, 0) is 14.3 Å². The largest absolute Gasteiger partial charge is 0.482 e. The molecule has 0 aliphatic carbocycles. The zero-order chi connectivity index (χ0) is 19.8. The van der Waals surface area contributed by atoms with Crippen molar-refractivity contribution in [3.63, 3.8) is 0 Å². The van der Waals surface area contributed by atoms with Crippen molar-refractivity contribution in [2.45, 2.75) is 40.2 Å². The molecule has 5 nitrogen and oxygen atoms in total. The van der Waals surface area contributed by atoms with Gasteiger partial charge in [0.05, 0.1) is 6.04 Å². The number of amides is 1. The maximum Gasteiger partial charge on any atom is 0.344 e. The van der Waals surface area contributed by atoms with Crippen LogP contribution < -0.4 is 10.1 Å². The zero-order valence-corrected chi connectivity index (χ0v) is 16.4. The summed E-state index contributed by atoms with van der Waals surface area (Å²) in [6.07, 6.45) is 0.749. The van der Waals surface area contributed by atoms with Gasteiger partial charge in [-0.25, -0.2) is 4.79 Å². The predicted octanol–water partition coefficient (Wildman–Crippen LogP) is 3.80. The van der Waals surface area contributed by atoms with E-state index in [4.69, 9.17) is 9.47 Å². The highest BCUT2D eigenvalue weighted by Crippen LogP contribution is 2.17. The SMILES string of the molecule is CC[C@@H](NC(=O)COC(=O)COc1ccc(C)c(C)c1)c1ccc(C)cc1. The van der Waals surface area contributed by atoms with Crippen molar-refractivity contribution in [1.29, 1.82) is 0 Å². The number of carbonyl (C=O) groups is 2. The van der Waals surface area contributed by atoms with Crippen molar-refractivity contribution in [2.24, 2.45) is 0 Å². The summed E-state index contributed by atoms with van der Waals surface area (Å²) in [7, 11) is 0. The molecule has 2 aromatic carbocycles. The summed E-state index contributed by atoms with van der Waals surface area (Å²) < 4.78 is 10.4. The van der Waals surface area contributed by atoms with Crippen molar-refractivity contribution < 1.29 is 19.1 Å². The molecule has 0 spiro atoms. The van der Waals surface area contributed by atoms with Gasteiger partial charge in [-0.1, -0.05) is 42.8 Å². The molecular formula is C22H27NO4. The van der Waals surface area contributed by atoms with Crippen LogP contribution in [0.3, 0.4) is 0 Å². The van der Waals surface area contributed by atoms with E-state index in [1.54, 1.807) is 6.07 Å². The molecule has 144 valence electrons. The van der Waals surface area contributed by atoms with E-state index in [0.29, 0.717) is 5.75 Å². The molecule has 0 aliphatic rings. The first-order valence-corrected chi connectivity index (χ1v) is 9.10. The zero-order valence-electron chi connectivity index (χ0n) is 16.4. The third kappa shape index (κ3) is 6.44. The second kappa shape index (κ2) is 9.76. The van der Waals surface area contributed by atoms with Gasteiger partial charge in [0.25, 0.3) is 5.91 Å². The van der Waals surface area contributed by atoms with Crippen LogP contribution >= 0.6 is 0 Å². The lowest BCUT2D eigenvalue weighted by Crippen LogP contribution is -2.32. The second-order valence-corrected chi connectivity index (χ2v) is 6.63. The van der Waals surface area contributed by atoms with E-state index in [2.05, 4.69) is 5.32 Å². The van der Waals surface area contributed by atoms with Crippen LogP contribution in [0.4, 0.5) is 0 Å². The summed E-state index contributed by atoms with van der Waals surface area (Å²) in [5.41, 5.74) is 4.43. The first-order valence-electron chi connectivity index (χ1n) is 9.10. The molecule has 0 saturated heterocycles. The van der Waals surface area contributed by atoms with Gasteiger partial charge in [0.1, 0.15) is 5.75 Å². The highest BCUT2D eigenvalue weighted by atomic mass is 16.6. The number of hydrogen-bond donors (Lipinski definition) is 1. The molecule has 0 unspecified atom stereocenters. The number of hydrogen-bond acceptors (Lipinski definition) is 4. The van der Waals surface area contributed by atoms with Crippen LogP contribution in [0.5, 0.6) is 5.75 Å². The van der Waals surface area contributed by atoms with E-state index in [-0.39, 0.29) is 25.2 Å². The fourth-order valence-corrected chi connectivity index (χ4v) is 2.59.